The van der Waals surface area contributed by atoms with Crippen LogP contribution in [-0.2, 0) is 6.54 Å². The Labute approximate surface area is 146 Å². The minimum absolute atomic E-state index is 0.158. The number of benzene rings is 2. The van der Waals surface area contributed by atoms with Crippen LogP contribution in [0.5, 0.6) is 0 Å². The quantitative estimate of drug-likeness (QED) is 0.767. The molecule has 2 N–H and O–H groups in total. The van der Waals surface area contributed by atoms with Crippen molar-refractivity contribution in [2.75, 3.05) is 0 Å². The maximum atomic E-state index is 12.7. The maximum absolute atomic E-state index is 12.7. The summed E-state index contributed by atoms with van der Waals surface area (Å²) in [7, 11) is 0. The van der Waals surface area contributed by atoms with Crippen LogP contribution in [-0.4, -0.2) is 10.9 Å². The Hall–Kier alpha value is -3.14. The Morgan fingerprint density at radius 1 is 1.00 bits per heavy atom. The smallest absolute Gasteiger partial charge is 0.253 e. The van der Waals surface area contributed by atoms with Crippen molar-refractivity contribution in [2.45, 2.75) is 20.4 Å². The monoisotopic (exact) mass is 332 g/mol. The van der Waals surface area contributed by atoms with Gasteiger partial charge >= 0.3 is 0 Å². The second-order valence-corrected chi connectivity index (χ2v) is 6.04. The zero-order chi connectivity index (χ0) is 17.8. The summed E-state index contributed by atoms with van der Waals surface area (Å²) in [5.74, 6) is -0.196. The Balaban J connectivity index is 1.85. The van der Waals surface area contributed by atoms with Crippen LogP contribution in [0.3, 0.4) is 0 Å². The van der Waals surface area contributed by atoms with E-state index in [2.05, 4.69) is 10.3 Å². The Kier molecular flexibility index (Phi) is 4.80. The van der Waals surface area contributed by atoms with Gasteiger partial charge in [0.25, 0.3) is 11.5 Å². The zero-order valence-electron chi connectivity index (χ0n) is 14.3. The van der Waals surface area contributed by atoms with Crippen molar-refractivity contribution < 1.29 is 4.79 Å². The molecule has 1 amide bonds. The van der Waals surface area contributed by atoms with Crippen LogP contribution in [0.1, 0.15) is 27.2 Å². The summed E-state index contributed by atoms with van der Waals surface area (Å²) in [6.45, 7) is 3.91. The van der Waals surface area contributed by atoms with Gasteiger partial charge in [-0.3, -0.25) is 9.59 Å². The number of H-pyrrole nitrogens is 1. The van der Waals surface area contributed by atoms with E-state index in [4.69, 9.17) is 0 Å². The van der Waals surface area contributed by atoms with E-state index in [9.17, 15) is 9.59 Å². The highest BCUT2D eigenvalue weighted by atomic mass is 16.1. The van der Waals surface area contributed by atoms with Crippen molar-refractivity contribution in [3.8, 4) is 11.1 Å². The van der Waals surface area contributed by atoms with Crippen molar-refractivity contribution in [3.63, 3.8) is 0 Å². The predicted octanol–water partition coefficient (Wildman–Crippen LogP) is 3.59. The van der Waals surface area contributed by atoms with E-state index in [-0.39, 0.29) is 18.0 Å². The number of aryl methyl sites for hydroxylation is 2. The highest BCUT2D eigenvalue weighted by molar-refractivity contribution is 6.00. The van der Waals surface area contributed by atoms with Crippen molar-refractivity contribution in [3.05, 3.63) is 93.4 Å². The molecular weight excluding hydrogens is 312 g/mol. The Morgan fingerprint density at radius 2 is 1.68 bits per heavy atom. The SMILES string of the molecule is Cc1cc(C)c(CNC(=O)c2ccccc2-c2ccccc2)c(=O)[nH]1. The zero-order valence-corrected chi connectivity index (χ0v) is 14.3. The molecule has 3 aromatic rings. The number of aromatic nitrogens is 1. The number of nitrogens with one attached hydrogen (secondary N) is 2. The fourth-order valence-corrected chi connectivity index (χ4v) is 2.92. The van der Waals surface area contributed by atoms with Crippen molar-refractivity contribution in [1.29, 1.82) is 0 Å². The van der Waals surface area contributed by atoms with E-state index in [0.29, 0.717) is 11.1 Å². The molecule has 3 rings (SSSR count). The molecule has 0 fully saturated rings. The van der Waals surface area contributed by atoms with E-state index >= 15 is 0 Å². The first kappa shape index (κ1) is 16.7. The maximum Gasteiger partial charge on any atom is 0.253 e. The number of hydrogen-bond acceptors (Lipinski definition) is 2. The van der Waals surface area contributed by atoms with Gasteiger partial charge in [0.2, 0.25) is 0 Å². The van der Waals surface area contributed by atoms with Gasteiger partial charge in [-0.1, -0.05) is 48.5 Å². The van der Waals surface area contributed by atoms with Gasteiger partial charge in [-0.2, -0.15) is 0 Å². The lowest BCUT2D eigenvalue weighted by Crippen LogP contribution is -2.28. The average Bonchev–Trinajstić information content (AvgIpc) is 2.61. The Morgan fingerprint density at radius 3 is 2.40 bits per heavy atom. The first-order valence-electron chi connectivity index (χ1n) is 8.18. The van der Waals surface area contributed by atoms with Crippen LogP contribution in [0.4, 0.5) is 0 Å². The van der Waals surface area contributed by atoms with Crippen molar-refractivity contribution in [1.82, 2.24) is 10.3 Å². The molecule has 0 aliphatic heterocycles. The topological polar surface area (TPSA) is 62.0 Å². The van der Waals surface area contributed by atoms with Crippen LogP contribution in [0.25, 0.3) is 11.1 Å². The minimum atomic E-state index is -0.196. The van der Waals surface area contributed by atoms with Gasteiger partial charge in [0.15, 0.2) is 0 Å². The molecule has 1 aromatic heterocycles. The lowest BCUT2D eigenvalue weighted by molar-refractivity contribution is 0.0951. The molecule has 126 valence electrons. The summed E-state index contributed by atoms with van der Waals surface area (Å²) in [5.41, 5.74) is 4.55. The number of hydrogen-bond donors (Lipinski definition) is 2. The lowest BCUT2D eigenvalue weighted by atomic mass is 9.99. The standard InChI is InChI=1S/C21H20N2O2/c1-14-12-15(2)23-21(25)19(14)13-22-20(24)18-11-7-6-10-17(18)16-8-4-3-5-9-16/h3-12H,13H2,1-2H3,(H,22,24)(H,23,25). The van der Waals surface area contributed by atoms with Gasteiger partial charge in [0.1, 0.15) is 0 Å². The molecule has 25 heavy (non-hydrogen) atoms. The number of rotatable bonds is 4. The van der Waals surface area contributed by atoms with E-state index in [0.717, 1.165) is 22.4 Å². The molecular formula is C21H20N2O2. The minimum Gasteiger partial charge on any atom is -0.348 e. The van der Waals surface area contributed by atoms with Gasteiger partial charge < -0.3 is 10.3 Å². The number of carbonyl (C=O) groups excluding carboxylic acids is 1. The second-order valence-electron chi connectivity index (χ2n) is 6.04. The molecule has 0 radical (unpaired) electrons. The van der Waals surface area contributed by atoms with E-state index in [1.807, 2.05) is 68.4 Å². The second kappa shape index (κ2) is 7.18. The van der Waals surface area contributed by atoms with Gasteiger partial charge in [-0.25, -0.2) is 0 Å². The fourth-order valence-electron chi connectivity index (χ4n) is 2.92. The summed E-state index contributed by atoms with van der Waals surface area (Å²) >= 11 is 0. The van der Waals surface area contributed by atoms with E-state index in [1.165, 1.54) is 0 Å². The van der Waals surface area contributed by atoms with Gasteiger partial charge in [0.05, 0.1) is 0 Å². The number of carbonyl (C=O) groups is 1. The van der Waals surface area contributed by atoms with E-state index < -0.39 is 0 Å². The Bertz CT molecular complexity index is 959. The highest BCUT2D eigenvalue weighted by Crippen LogP contribution is 2.23. The van der Waals surface area contributed by atoms with Crippen LogP contribution >= 0.6 is 0 Å². The third-order valence-corrected chi connectivity index (χ3v) is 4.18. The molecule has 1 heterocycles. The molecule has 0 unspecified atom stereocenters. The first-order valence-corrected chi connectivity index (χ1v) is 8.18. The van der Waals surface area contributed by atoms with E-state index in [1.54, 1.807) is 6.07 Å². The summed E-state index contributed by atoms with van der Waals surface area (Å²) in [6, 6.07) is 19.1. The third-order valence-electron chi connectivity index (χ3n) is 4.18. The fraction of sp³-hybridized carbons (Fsp3) is 0.143. The molecule has 0 atom stereocenters. The number of aromatic amines is 1. The van der Waals surface area contributed by atoms with Crippen LogP contribution < -0.4 is 10.9 Å². The number of pyridine rings is 1. The molecule has 0 spiro atoms. The number of amides is 1. The van der Waals surface area contributed by atoms with Crippen LogP contribution in [0.2, 0.25) is 0 Å². The molecule has 0 aliphatic rings. The normalized spacial score (nSPS) is 10.5. The van der Waals surface area contributed by atoms with Gasteiger partial charge in [-0.05, 0) is 42.7 Å². The third kappa shape index (κ3) is 3.69. The molecule has 4 nitrogen and oxygen atoms in total. The summed E-state index contributed by atoms with van der Waals surface area (Å²) in [5, 5.41) is 2.87. The van der Waals surface area contributed by atoms with Crippen LogP contribution in [0.15, 0.2) is 65.5 Å². The highest BCUT2D eigenvalue weighted by Gasteiger charge is 2.13. The van der Waals surface area contributed by atoms with Gasteiger partial charge in [0, 0.05) is 23.4 Å². The molecule has 0 bridgehead atoms. The predicted molar refractivity (Wildman–Crippen MR) is 99.6 cm³/mol. The largest absolute Gasteiger partial charge is 0.348 e. The summed E-state index contributed by atoms with van der Waals surface area (Å²) in [6.07, 6.45) is 0. The first-order chi connectivity index (χ1) is 12.1. The van der Waals surface area contributed by atoms with Crippen molar-refractivity contribution >= 4 is 5.91 Å². The molecule has 2 aromatic carbocycles. The van der Waals surface area contributed by atoms with Crippen LogP contribution in [0, 0.1) is 13.8 Å². The lowest BCUT2D eigenvalue weighted by Gasteiger charge is -2.11. The van der Waals surface area contributed by atoms with Gasteiger partial charge in [-0.15, -0.1) is 0 Å². The molecule has 0 saturated heterocycles. The summed E-state index contributed by atoms with van der Waals surface area (Å²) < 4.78 is 0. The molecule has 0 saturated carbocycles. The average molecular weight is 332 g/mol. The van der Waals surface area contributed by atoms with Crippen molar-refractivity contribution in [2.24, 2.45) is 0 Å². The molecule has 4 heteroatoms. The summed E-state index contributed by atoms with van der Waals surface area (Å²) in [4.78, 5) is 27.5. The molecule has 0 aliphatic carbocycles.